The van der Waals surface area contributed by atoms with Gasteiger partial charge in [0.2, 0.25) is 5.79 Å². The fourth-order valence-electron chi connectivity index (χ4n) is 9.85. The van der Waals surface area contributed by atoms with Gasteiger partial charge in [0.25, 0.3) is 11.7 Å². The number of aliphatic hydroxyl groups is 4. The SMILES string of the molecule is CO[C@H]1C(=O)[C@H](C)C[C@H](C)/C=C/C=C/C=C(\C)[C@@H](O)C[C@@H]2CC[C@@H](C)[C@@](O)(O2)C(=O)C(=O)N2CCCC[C@H]2C(=O)O[C@H]([C@H](C)C[C@@H]2CC[C@@H](O)[C@H](OC)C2)CC(=O)[C@H](C)/C=C(\C)C1O. The van der Waals surface area contributed by atoms with E-state index < -0.39 is 83.9 Å². The molecule has 0 aromatic rings. The van der Waals surface area contributed by atoms with E-state index in [-0.39, 0.29) is 61.2 Å². The lowest BCUT2D eigenvalue weighted by molar-refractivity contribution is -0.265. The highest BCUT2D eigenvalue weighted by atomic mass is 16.6. The number of rotatable bonds is 5. The fraction of sp³-hybridized carbons (Fsp3) is 0.740. The van der Waals surface area contributed by atoms with Gasteiger partial charge in [-0.05, 0) is 107 Å². The minimum atomic E-state index is -2.48. The number of allylic oxidation sites excluding steroid dienone is 6. The van der Waals surface area contributed by atoms with Crippen molar-refractivity contribution in [3.63, 3.8) is 0 Å². The second kappa shape index (κ2) is 24.4. The zero-order valence-electron chi connectivity index (χ0n) is 39.6. The molecule has 4 rings (SSSR count). The van der Waals surface area contributed by atoms with Gasteiger partial charge in [0.05, 0.1) is 24.4 Å². The van der Waals surface area contributed by atoms with Crippen molar-refractivity contribution in [1.29, 1.82) is 0 Å². The van der Waals surface area contributed by atoms with Gasteiger partial charge >= 0.3 is 5.97 Å². The van der Waals surface area contributed by atoms with Crippen LogP contribution in [0.2, 0.25) is 0 Å². The molecule has 1 unspecified atom stereocenters. The first-order valence-corrected chi connectivity index (χ1v) is 23.5. The number of aliphatic hydroxyl groups excluding tert-OH is 3. The largest absolute Gasteiger partial charge is 0.460 e. The average molecular weight is 900 g/mol. The van der Waals surface area contributed by atoms with Gasteiger partial charge in [0.1, 0.15) is 30.1 Å². The van der Waals surface area contributed by atoms with Crippen LogP contribution in [0.4, 0.5) is 0 Å². The first-order chi connectivity index (χ1) is 30.2. The van der Waals surface area contributed by atoms with Gasteiger partial charge in [-0.2, -0.15) is 0 Å². The molecule has 0 aromatic heterocycles. The van der Waals surface area contributed by atoms with Crippen molar-refractivity contribution in [2.24, 2.45) is 35.5 Å². The summed E-state index contributed by atoms with van der Waals surface area (Å²) in [6, 6.07) is -1.16. The van der Waals surface area contributed by atoms with Crippen molar-refractivity contribution in [2.75, 3.05) is 20.8 Å². The lowest BCUT2D eigenvalue weighted by Gasteiger charge is -2.42. The number of amides is 1. The van der Waals surface area contributed by atoms with Crippen molar-refractivity contribution in [3.8, 4) is 0 Å². The van der Waals surface area contributed by atoms with Gasteiger partial charge in [0.15, 0.2) is 5.78 Å². The van der Waals surface area contributed by atoms with E-state index in [1.807, 2.05) is 32.1 Å². The highest BCUT2D eigenvalue weighted by Gasteiger charge is 2.53. The van der Waals surface area contributed by atoms with E-state index in [1.54, 1.807) is 60.0 Å². The number of esters is 1. The molecule has 1 aliphatic carbocycles. The van der Waals surface area contributed by atoms with E-state index in [1.165, 1.54) is 7.11 Å². The third-order valence-corrected chi connectivity index (χ3v) is 14.2. The molecule has 14 heteroatoms. The number of ketones is 3. The summed E-state index contributed by atoms with van der Waals surface area (Å²) >= 11 is 0. The molecule has 3 fully saturated rings. The zero-order chi connectivity index (χ0) is 47.5. The fourth-order valence-corrected chi connectivity index (χ4v) is 9.85. The Morgan fingerprint density at radius 1 is 0.859 bits per heavy atom. The molecule has 14 nitrogen and oxygen atoms in total. The molecule has 4 aliphatic rings. The first-order valence-electron chi connectivity index (χ1n) is 23.5. The van der Waals surface area contributed by atoms with Crippen LogP contribution < -0.4 is 0 Å². The highest BCUT2D eigenvalue weighted by Crippen LogP contribution is 2.37. The molecular weight excluding hydrogens is 823 g/mol. The van der Waals surface area contributed by atoms with Crippen LogP contribution in [-0.2, 0) is 42.9 Å². The van der Waals surface area contributed by atoms with Crippen LogP contribution in [0.3, 0.4) is 0 Å². The summed E-state index contributed by atoms with van der Waals surface area (Å²) in [7, 11) is 2.93. The number of carbonyl (C=O) groups excluding carboxylic acids is 5. The van der Waals surface area contributed by atoms with Gasteiger partial charge in [-0.1, -0.05) is 71.1 Å². The quantitative estimate of drug-likeness (QED) is 0.153. The van der Waals surface area contributed by atoms with Crippen LogP contribution in [0, 0.1) is 35.5 Å². The molecular formula is C50H77NO13. The molecule has 4 N–H and O–H groups in total. The Bertz CT molecular complexity index is 1740. The molecule has 1 saturated carbocycles. The first kappa shape index (κ1) is 53.2. The van der Waals surface area contributed by atoms with Crippen molar-refractivity contribution in [2.45, 2.75) is 180 Å². The van der Waals surface area contributed by atoms with E-state index in [0.717, 1.165) is 4.90 Å². The molecule has 15 atom stereocenters. The molecule has 360 valence electrons. The van der Waals surface area contributed by atoms with Gasteiger partial charge < -0.3 is 44.3 Å². The minimum Gasteiger partial charge on any atom is -0.460 e. The van der Waals surface area contributed by atoms with Crippen LogP contribution in [0.15, 0.2) is 47.6 Å². The van der Waals surface area contributed by atoms with Crippen molar-refractivity contribution < 1.29 is 63.3 Å². The van der Waals surface area contributed by atoms with Crippen molar-refractivity contribution in [1.82, 2.24) is 4.90 Å². The number of Topliss-reactive ketones (excluding diaryl/α,β-unsaturated/α-hetero) is 3. The topological polar surface area (TPSA) is 206 Å². The Morgan fingerprint density at radius 2 is 1.58 bits per heavy atom. The van der Waals surface area contributed by atoms with Gasteiger partial charge in [-0.25, -0.2) is 4.79 Å². The third-order valence-electron chi connectivity index (χ3n) is 14.2. The van der Waals surface area contributed by atoms with Crippen LogP contribution >= 0.6 is 0 Å². The molecule has 3 heterocycles. The summed E-state index contributed by atoms with van der Waals surface area (Å²) in [6.07, 6.45) is 9.53. The van der Waals surface area contributed by atoms with E-state index in [0.29, 0.717) is 68.9 Å². The summed E-state index contributed by atoms with van der Waals surface area (Å²) in [5.41, 5.74) is 1.000. The normalized spacial score (nSPS) is 40.9. The van der Waals surface area contributed by atoms with E-state index in [2.05, 4.69) is 0 Å². The molecule has 2 saturated heterocycles. The Kier molecular flexibility index (Phi) is 20.3. The molecule has 0 spiro atoms. The summed E-state index contributed by atoms with van der Waals surface area (Å²) in [5.74, 6) is -8.24. The predicted octanol–water partition coefficient (Wildman–Crippen LogP) is 5.53. The molecule has 0 aromatic carbocycles. The van der Waals surface area contributed by atoms with Gasteiger partial charge in [-0.15, -0.1) is 0 Å². The highest BCUT2D eigenvalue weighted by molar-refractivity contribution is 6.39. The Balaban J connectivity index is 1.69. The molecule has 64 heavy (non-hydrogen) atoms. The maximum absolute atomic E-state index is 14.3. The van der Waals surface area contributed by atoms with E-state index in [9.17, 15) is 44.4 Å². The second-order valence-electron chi connectivity index (χ2n) is 19.4. The number of hydrogen-bond donors (Lipinski definition) is 4. The number of piperidine rings is 1. The molecule has 0 radical (unpaired) electrons. The maximum Gasteiger partial charge on any atom is 0.329 e. The number of nitrogens with zero attached hydrogens (tertiary/aromatic N) is 1. The molecule has 3 aliphatic heterocycles. The molecule has 2 bridgehead atoms. The lowest BCUT2D eigenvalue weighted by Crippen LogP contribution is -2.61. The number of carbonyl (C=O) groups is 5. The lowest BCUT2D eigenvalue weighted by atomic mass is 9.78. The smallest absolute Gasteiger partial charge is 0.329 e. The zero-order valence-corrected chi connectivity index (χ0v) is 39.6. The number of ether oxygens (including phenoxy) is 4. The summed E-state index contributed by atoms with van der Waals surface area (Å²) in [6.45, 7) is 12.5. The Labute approximate surface area is 380 Å². The monoisotopic (exact) mass is 900 g/mol. The average Bonchev–Trinajstić information content (AvgIpc) is 3.26. The maximum atomic E-state index is 14.3. The number of fused-ring (bicyclic) bond motifs is 3. The van der Waals surface area contributed by atoms with E-state index in [4.69, 9.17) is 18.9 Å². The number of hydrogen-bond acceptors (Lipinski definition) is 13. The summed E-state index contributed by atoms with van der Waals surface area (Å²) < 4.78 is 23.3. The third kappa shape index (κ3) is 13.8. The summed E-state index contributed by atoms with van der Waals surface area (Å²) in [4.78, 5) is 71.4. The number of cyclic esters (lactones) is 1. The van der Waals surface area contributed by atoms with Crippen LogP contribution in [0.25, 0.3) is 0 Å². The van der Waals surface area contributed by atoms with Gasteiger partial charge in [-0.3, -0.25) is 19.2 Å². The van der Waals surface area contributed by atoms with Crippen molar-refractivity contribution in [3.05, 3.63) is 47.6 Å². The van der Waals surface area contributed by atoms with Crippen LogP contribution in [-0.4, -0.2) is 130 Å². The Morgan fingerprint density at radius 3 is 2.27 bits per heavy atom. The second-order valence-corrected chi connectivity index (χ2v) is 19.4. The van der Waals surface area contributed by atoms with Gasteiger partial charge in [0, 0.05) is 51.4 Å². The standard InChI is InChI=1S/C50H77NO13/c1-29-15-11-10-12-16-30(2)40(53)27-37-20-18-35(7)50(60,64-37)47(57)48(58)51-22-14-13-17-38(51)49(59)63-42(32(4)25-36-19-21-39(52)43(26-36)61-8)28-41(54)31(3)24-34(6)45(56)46(62-9)44(55)33(5)23-29/h10-12,15-16,24,29,31-33,35-40,42-43,45-46,52-53,56,60H,13-14,17-23,25-28H2,1-9H3/b12-10+,15-11+,30-16+,34-24+/t29-,31-,32-,33-,35-,36+,37+,38+,39-,40+,42+,43-,45?,46+,50-/m1/s1. The summed E-state index contributed by atoms with van der Waals surface area (Å²) in [5, 5.41) is 44.8. The van der Waals surface area contributed by atoms with Crippen molar-refractivity contribution >= 4 is 29.2 Å². The predicted molar refractivity (Wildman–Crippen MR) is 240 cm³/mol. The minimum absolute atomic E-state index is 0.00489. The van der Waals surface area contributed by atoms with E-state index >= 15 is 0 Å². The van der Waals surface area contributed by atoms with Crippen LogP contribution in [0.1, 0.15) is 126 Å². The molecule has 1 amide bonds. The number of methoxy groups -OCH3 is 2. The Hall–Kier alpha value is -3.37. The van der Waals surface area contributed by atoms with Crippen LogP contribution in [0.5, 0.6) is 0 Å².